The second kappa shape index (κ2) is 8.06. The number of rotatable bonds is 4. The van der Waals surface area contributed by atoms with Gasteiger partial charge < -0.3 is 10.6 Å². The van der Waals surface area contributed by atoms with Crippen LogP contribution >= 0.6 is 23.2 Å². The molecule has 0 heterocycles. The summed E-state index contributed by atoms with van der Waals surface area (Å²) in [4.78, 5) is 12.4. The zero-order valence-electron chi connectivity index (χ0n) is 14.1. The predicted octanol–water partition coefficient (Wildman–Crippen LogP) is 5.38. The molecule has 0 aliphatic heterocycles. The third-order valence-electron chi connectivity index (χ3n) is 3.60. The number of aryl methyl sites for hydroxylation is 3. The Morgan fingerprint density at radius 2 is 1.80 bits per heavy atom. The van der Waals surface area contributed by atoms with Crippen LogP contribution in [-0.2, 0) is 4.79 Å². The van der Waals surface area contributed by atoms with Crippen molar-refractivity contribution in [1.82, 2.24) is 0 Å². The molecular formula is C19H17Cl2N3O. The second-order valence-corrected chi connectivity index (χ2v) is 6.43. The number of benzene rings is 2. The van der Waals surface area contributed by atoms with E-state index >= 15 is 0 Å². The lowest BCUT2D eigenvalue weighted by molar-refractivity contribution is -0.112. The Labute approximate surface area is 157 Å². The van der Waals surface area contributed by atoms with Gasteiger partial charge in [-0.15, -0.1) is 0 Å². The van der Waals surface area contributed by atoms with Gasteiger partial charge in [-0.2, -0.15) is 5.26 Å². The summed E-state index contributed by atoms with van der Waals surface area (Å²) >= 11 is 12.0. The normalized spacial score (nSPS) is 11.0. The maximum atomic E-state index is 12.4. The molecule has 0 saturated heterocycles. The topological polar surface area (TPSA) is 64.9 Å². The molecule has 2 rings (SSSR count). The van der Waals surface area contributed by atoms with Gasteiger partial charge in [0.2, 0.25) is 0 Å². The lowest BCUT2D eigenvalue weighted by Crippen LogP contribution is -2.16. The molecule has 1 amide bonds. The highest BCUT2D eigenvalue weighted by Crippen LogP contribution is 2.29. The van der Waals surface area contributed by atoms with Gasteiger partial charge in [-0.1, -0.05) is 47.0 Å². The van der Waals surface area contributed by atoms with Crippen molar-refractivity contribution in [2.45, 2.75) is 20.8 Å². The fourth-order valence-corrected chi connectivity index (χ4v) is 2.83. The summed E-state index contributed by atoms with van der Waals surface area (Å²) in [7, 11) is 0. The van der Waals surface area contributed by atoms with Gasteiger partial charge in [-0.05, 0) is 44.0 Å². The van der Waals surface area contributed by atoms with Crippen LogP contribution in [-0.4, -0.2) is 5.91 Å². The first-order valence-corrected chi connectivity index (χ1v) is 8.29. The summed E-state index contributed by atoms with van der Waals surface area (Å²) in [6.45, 7) is 5.82. The van der Waals surface area contributed by atoms with Gasteiger partial charge in [0, 0.05) is 11.9 Å². The molecule has 0 radical (unpaired) electrons. The fourth-order valence-electron chi connectivity index (χ4n) is 2.47. The van der Waals surface area contributed by atoms with Gasteiger partial charge in [0.25, 0.3) is 5.91 Å². The van der Waals surface area contributed by atoms with Crippen LogP contribution in [0.2, 0.25) is 10.0 Å². The summed E-state index contributed by atoms with van der Waals surface area (Å²) in [6, 6.07) is 10.9. The van der Waals surface area contributed by atoms with Crippen LogP contribution < -0.4 is 10.6 Å². The third-order valence-corrected chi connectivity index (χ3v) is 4.42. The average molecular weight is 374 g/mol. The maximum Gasteiger partial charge on any atom is 0.267 e. The van der Waals surface area contributed by atoms with E-state index in [-0.39, 0.29) is 5.57 Å². The molecular weight excluding hydrogens is 357 g/mol. The first kappa shape index (κ1) is 18.9. The van der Waals surface area contributed by atoms with Crippen molar-refractivity contribution in [2.24, 2.45) is 0 Å². The maximum absolute atomic E-state index is 12.4. The van der Waals surface area contributed by atoms with E-state index in [9.17, 15) is 10.1 Å². The number of nitriles is 1. The largest absolute Gasteiger partial charge is 0.359 e. The van der Waals surface area contributed by atoms with Gasteiger partial charge >= 0.3 is 0 Å². The summed E-state index contributed by atoms with van der Waals surface area (Å²) in [5, 5.41) is 15.6. The summed E-state index contributed by atoms with van der Waals surface area (Å²) in [6.07, 6.45) is 1.31. The lowest BCUT2D eigenvalue weighted by atomic mass is 10.0. The number of hydrogen-bond acceptors (Lipinski definition) is 3. The van der Waals surface area contributed by atoms with E-state index in [1.807, 2.05) is 39.0 Å². The second-order valence-electron chi connectivity index (χ2n) is 5.64. The predicted molar refractivity (Wildman–Crippen MR) is 103 cm³/mol. The summed E-state index contributed by atoms with van der Waals surface area (Å²) in [5.41, 5.74) is 4.13. The minimum atomic E-state index is -0.497. The first-order chi connectivity index (χ1) is 11.8. The van der Waals surface area contributed by atoms with E-state index in [2.05, 4.69) is 10.6 Å². The van der Waals surface area contributed by atoms with Crippen molar-refractivity contribution in [1.29, 1.82) is 5.26 Å². The number of hydrogen-bond donors (Lipinski definition) is 2. The lowest BCUT2D eigenvalue weighted by Gasteiger charge is -2.12. The Morgan fingerprint density at radius 3 is 2.40 bits per heavy atom. The average Bonchev–Trinajstić information content (AvgIpc) is 2.55. The SMILES string of the molecule is Cc1cc(C)c(NC(=O)/C(C#N)=C\Nc2cccc(Cl)c2Cl)c(C)c1. The molecule has 128 valence electrons. The molecule has 6 heteroatoms. The van der Waals surface area contributed by atoms with E-state index in [4.69, 9.17) is 23.2 Å². The Hall–Kier alpha value is -2.48. The minimum Gasteiger partial charge on any atom is -0.359 e. The zero-order valence-corrected chi connectivity index (χ0v) is 15.6. The van der Waals surface area contributed by atoms with Gasteiger partial charge in [0.15, 0.2) is 0 Å². The Bertz CT molecular complexity index is 875. The highest BCUT2D eigenvalue weighted by molar-refractivity contribution is 6.43. The molecule has 0 aliphatic rings. The van der Waals surface area contributed by atoms with E-state index in [0.29, 0.717) is 21.4 Å². The number of halogens is 2. The third kappa shape index (κ3) is 4.54. The molecule has 2 aromatic carbocycles. The molecule has 0 aromatic heterocycles. The molecule has 0 aliphatic carbocycles. The Morgan fingerprint density at radius 1 is 1.16 bits per heavy atom. The molecule has 0 bridgehead atoms. The van der Waals surface area contributed by atoms with Crippen molar-refractivity contribution in [2.75, 3.05) is 10.6 Å². The van der Waals surface area contributed by atoms with Crippen molar-refractivity contribution in [3.63, 3.8) is 0 Å². The highest BCUT2D eigenvalue weighted by Gasteiger charge is 2.13. The number of anilines is 2. The molecule has 0 spiro atoms. The van der Waals surface area contributed by atoms with Gasteiger partial charge in [-0.3, -0.25) is 4.79 Å². The zero-order chi connectivity index (χ0) is 18.6. The van der Waals surface area contributed by atoms with Crippen LogP contribution in [0.1, 0.15) is 16.7 Å². The van der Waals surface area contributed by atoms with Crippen LogP contribution in [0.15, 0.2) is 42.1 Å². The number of nitrogens with zero attached hydrogens (tertiary/aromatic N) is 1. The van der Waals surface area contributed by atoms with E-state index in [0.717, 1.165) is 16.7 Å². The van der Waals surface area contributed by atoms with Crippen LogP contribution in [0.3, 0.4) is 0 Å². The van der Waals surface area contributed by atoms with Crippen LogP contribution in [0.4, 0.5) is 11.4 Å². The molecule has 4 nitrogen and oxygen atoms in total. The monoisotopic (exact) mass is 373 g/mol. The molecule has 0 fully saturated rings. The van der Waals surface area contributed by atoms with Crippen molar-refractivity contribution < 1.29 is 4.79 Å². The van der Waals surface area contributed by atoms with Gasteiger partial charge in [-0.25, -0.2) is 0 Å². The smallest absolute Gasteiger partial charge is 0.267 e. The highest BCUT2D eigenvalue weighted by atomic mass is 35.5. The number of amides is 1. The Kier molecular flexibility index (Phi) is 6.08. The van der Waals surface area contributed by atoms with Crippen LogP contribution in [0.5, 0.6) is 0 Å². The first-order valence-electron chi connectivity index (χ1n) is 7.53. The molecule has 0 unspecified atom stereocenters. The Balaban J connectivity index is 2.22. The molecule has 2 N–H and O–H groups in total. The molecule has 25 heavy (non-hydrogen) atoms. The fraction of sp³-hybridized carbons (Fsp3) is 0.158. The van der Waals surface area contributed by atoms with E-state index in [1.165, 1.54) is 6.20 Å². The van der Waals surface area contributed by atoms with Crippen LogP contribution in [0, 0.1) is 32.1 Å². The van der Waals surface area contributed by atoms with Crippen LogP contribution in [0.25, 0.3) is 0 Å². The standard InChI is InChI=1S/C19H17Cl2N3O/c1-11-7-12(2)18(13(3)8-11)24-19(25)14(9-22)10-23-16-6-4-5-15(20)17(16)21/h4-8,10,23H,1-3H3,(H,24,25)/b14-10-. The number of carbonyl (C=O) groups excluding carboxylic acids is 1. The van der Waals surface area contributed by atoms with Crippen molar-refractivity contribution >= 4 is 40.5 Å². The minimum absolute atomic E-state index is 0.0737. The van der Waals surface area contributed by atoms with E-state index in [1.54, 1.807) is 18.2 Å². The van der Waals surface area contributed by atoms with Gasteiger partial charge in [0.05, 0.1) is 15.7 Å². The number of nitrogens with one attached hydrogen (secondary N) is 2. The summed E-state index contributed by atoms with van der Waals surface area (Å²) in [5.74, 6) is -0.497. The number of carbonyl (C=O) groups is 1. The molecule has 0 saturated carbocycles. The quantitative estimate of drug-likeness (QED) is 0.558. The van der Waals surface area contributed by atoms with Crippen molar-refractivity contribution in [3.05, 3.63) is 68.8 Å². The van der Waals surface area contributed by atoms with E-state index < -0.39 is 5.91 Å². The van der Waals surface area contributed by atoms with Gasteiger partial charge in [0.1, 0.15) is 11.6 Å². The summed E-state index contributed by atoms with van der Waals surface area (Å²) < 4.78 is 0. The molecule has 2 aromatic rings. The molecule has 0 atom stereocenters. The van der Waals surface area contributed by atoms with Crippen molar-refractivity contribution in [3.8, 4) is 6.07 Å².